The highest BCUT2D eigenvalue weighted by Gasteiger charge is 2.34. The molecule has 2 heterocycles. The zero-order chi connectivity index (χ0) is 14.6. The normalized spacial score (nSPS) is 11.6. The topological polar surface area (TPSA) is 30.0 Å². The number of thiophene rings is 1. The molecule has 2 aromatic heterocycles. The summed E-state index contributed by atoms with van der Waals surface area (Å²) in [5, 5.41) is 1.93. The minimum atomic E-state index is -4.53. The number of rotatable bonds is 5. The number of hydrogen-bond donors (Lipinski definition) is 0. The second-order valence-electron chi connectivity index (χ2n) is 4.28. The van der Waals surface area contributed by atoms with Gasteiger partial charge in [-0.05, 0) is 30.4 Å². The lowest BCUT2D eigenvalue weighted by atomic mass is 10.0. The van der Waals surface area contributed by atoms with E-state index < -0.39 is 17.5 Å². The van der Waals surface area contributed by atoms with E-state index in [1.54, 1.807) is 11.3 Å². The average Bonchev–Trinajstić information content (AvgIpc) is 2.91. The number of hydrogen-bond acceptors (Lipinski definition) is 3. The zero-order valence-electron chi connectivity index (χ0n) is 10.5. The van der Waals surface area contributed by atoms with Gasteiger partial charge in [0.05, 0.1) is 5.56 Å². The SMILES string of the molecule is O=C(CCCc1cccs1)c1cnccc1C(F)(F)F. The Morgan fingerprint density at radius 3 is 2.75 bits per heavy atom. The van der Waals surface area contributed by atoms with Gasteiger partial charge in [0.1, 0.15) is 0 Å². The third-order valence-electron chi connectivity index (χ3n) is 2.83. The van der Waals surface area contributed by atoms with Crippen LogP contribution in [0.25, 0.3) is 0 Å². The molecular formula is C14H12F3NOS. The Labute approximate surface area is 118 Å². The van der Waals surface area contributed by atoms with Gasteiger partial charge in [-0.25, -0.2) is 0 Å². The van der Waals surface area contributed by atoms with Crippen LogP contribution in [0, 0.1) is 0 Å². The van der Waals surface area contributed by atoms with Gasteiger partial charge >= 0.3 is 6.18 Å². The Balaban J connectivity index is 2.02. The van der Waals surface area contributed by atoms with Crippen molar-refractivity contribution in [2.45, 2.75) is 25.4 Å². The maximum absolute atomic E-state index is 12.8. The third kappa shape index (κ3) is 3.66. The molecule has 0 bridgehead atoms. The number of aromatic nitrogens is 1. The van der Waals surface area contributed by atoms with Crippen LogP contribution in [-0.2, 0) is 12.6 Å². The van der Waals surface area contributed by atoms with E-state index >= 15 is 0 Å². The molecule has 20 heavy (non-hydrogen) atoms. The lowest BCUT2D eigenvalue weighted by Crippen LogP contribution is -2.13. The Hall–Kier alpha value is -1.69. The van der Waals surface area contributed by atoms with Crippen LogP contribution >= 0.6 is 11.3 Å². The summed E-state index contributed by atoms with van der Waals surface area (Å²) in [7, 11) is 0. The number of aryl methyl sites for hydroxylation is 1. The van der Waals surface area contributed by atoms with Crippen molar-refractivity contribution >= 4 is 17.1 Å². The number of carbonyl (C=O) groups is 1. The van der Waals surface area contributed by atoms with Crippen molar-refractivity contribution in [1.29, 1.82) is 0 Å². The van der Waals surface area contributed by atoms with Crippen LogP contribution in [0.4, 0.5) is 13.2 Å². The van der Waals surface area contributed by atoms with Gasteiger partial charge in [-0.15, -0.1) is 11.3 Å². The molecule has 0 radical (unpaired) electrons. The zero-order valence-corrected chi connectivity index (χ0v) is 11.3. The number of pyridine rings is 1. The van der Waals surface area contributed by atoms with Crippen molar-refractivity contribution in [2.75, 3.05) is 0 Å². The molecule has 106 valence electrons. The van der Waals surface area contributed by atoms with E-state index in [0.717, 1.165) is 23.3 Å². The molecule has 0 atom stereocenters. The van der Waals surface area contributed by atoms with E-state index in [4.69, 9.17) is 0 Å². The second-order valence-corrected chi connectivity index (χ2v) is 5.31. The van der Waals surface area contributed by atoms with E-state index in [0.29, 0.717) is 12.8 Å². The molecule has 0 saturated carbocycles. The Bertz CT molecular complexity index is 578. The predicted molar refractivity (Wildman–Crippen MR) is 70.8 cm³/mol. The smallest absolute Gasteiger partial charge is 0.294 e. The van der Waals surface area contributed by atoms with Gasteiger partial charge in [-0.1, -0.05) is 6.07 Å². The van der Waals surface area contributed by atoms with E-state index in [9.17, 15) is 18.0 Å². The minimum Gasteiger partial charge on any atom is -0.294 e. The van der Waals surface area contributed by atoms with E-state index in [1.165, 1.54) is 0 Å². The molecule has 0 N–H and O–H groups in total. The van der Waals surface area contributed by atoms with E-state index in [-0.39, 0.29) is 12.0 Å². The Morgan fingerprint density at radius 2 is 2.10 bits per heavy atom. The molecule has 0 aromatic carbocycles. The Morgan fingerprint density at radius 1 is 1.30 bits per heavy atom. The van der Waals surface area contributed by atoms with Gasteiger partial charge in [0, 0.05) is 29.3 Å². The average molecular weight is 299 g/mol. The van der Waals surface area contributed by atoms with Crippen LogP contribution in [0.15, 0.2) is 36.0 Å². The Kier molecular flexibility index (Phi) is 4.54. The van der Waals surface area contributed by atoms with Crippen LogP contribution in [0.2, 0.25) is 0 Å². The number of nitrogens with zero attached hydrogens (tertiary/aromatic N) is 1. The van der Waals surface area contributed by atoms with Crippen molar-refractivity contribution in [1.82, 2.24) is 4.98 Å². The van der Waals surface area contributed by atoms with Gasteiger partial charge in [0.15, 0.2) is 5.78 Å². The second kappa shape index (κ2) is 6.17. The number of ketones is 1. The standard InChI is InChI=1S/C14H12F3NOS/c15-14(16,17)12-6-7-18-9-11(12)13(19)5-1-3-10-4-2-8-20-10/h2,4,6-9H,1,3,5H2. The fourth-order valence-electron chi connectivity index (χ4n) is 1.88. The first kappa shape index (κ1) is 14.7. The summed E-state index contributed by atoms with van der Waals surface area (Å²) < 4.78 is 38.3. The lowest BCUT2D eigenvalue weighted by Gasteiger charge is -2.10. The maximum atomic E-state index is 12.8. The largest absolute Gasteiger partial charge is 0.417 e. The summed E-state index contributed by atoms with van der Waals surface area (Å²) in [4.78, 5) is 16.6. The van der Waals surface area contributed by atoms with Crippen molar-refractivity contribution < 1.29 is 18.0 Å². The summed E-state index contributed by atoms with van der Waals surface area (Å²) in [6.07, 6.45) is -1.16. The van der Waals surface area contributed by atoms with Crippen LogP contribution in [-0.4, -0.2) is 10.8 Å². The van der Waals surface area contributed by atoms with Crippen molar-refractivity contribution in [2.24, 2.45) is 0 Å². The molecule has 0 aliphatic heterocycles. The number of halogens is 3. The fourth-order valence-corrected chi connectivity index (χ4v) is 2.63. The molecule has 2 aromatic rings. The number of carbonyl (C=O) groups excluding carboxylic acids is 1. The third-order valence-corrected chi connectivity index (χ3v) is 3.77. The summed E-state index contributed by atoms with van der Waals surface area (Å²) >= 11 is 1.57. The molecule has 2 nitrogen and oxygen atoms in total. The molecule has 2 rings (SSSR count). The summed E-state index contributed by atoms with van der Waals surface area (Å²) in [6, 6.07) is 4.69. The van der Waals surface area contributed by atoms with Crippen LogP contribution in [0.1, 0.15) is 33.6 Å². The molecule has 0 saturated heterocycles. The van der Waals surface area contributed by atoms with Crippen molar-refractivity contribution in [3.63, 3.8) is 0 Å². The van der Waals surface area contributed by atoms with Gasteiger partial charge in [0.25, 0.3) is 0 Å². The maximum Gasteiger partial charge on any atom is 0.417 e. The van der Waals surface area contributed by atoms with Crippen LogP contribution in [0.5, 0.6) is 0 Å². The van der Waals surface area contributed by atoms with Gasteiger partial charge < -0.3 is 0 Å². The highest BCUT2D eigenvalue weighted by molar-refractivity contribution is 7.09. The monoisotopic (exact) mass is 299 g/mol. The highest BCUT2D eigenvalue weighted by Crippen LogP contribution is 2.32. The first-order valence-electron chi connectivity index (χ1n) is 6.05. The quantitative estimate of drug-likeness (QED) is 0.767. The molecule has 0 fully saturated rings. The van der Waals surface area contributed by atoms with Gasteiger partial charge in [-0.3, -0.25) is 9.78 Å². The molecule has 0 aliphatic carbocycles. The van der Waals surface area contributed by atoms with E-state index in [1.807, 2.05) is 17.5 Å². The lowest BCUT2D eigenvalue weighted by molar-refractivity contribution is -0.138. The van der Waals surface area contributed by atoms with Crippen molar-refractivity contribution in [3.8, 4) is 0 Å². The van der Waals surface area contributed by atoms with E-state index in [2.05, 4.69) is 4.98 Å². The molecule has 6 heteroatoms. The summed E-state index contributed by atoms with van der Waals surface area (Å²) in [5.74, 6) is -0.512. The highest BCUT2D eigenvalue weighted by atomic mass is 32.1. The molecular weight excluding hydrogens is 287 g/mol. The predicted octanol–water partition coefficient (Wildman–Crippen LogP) is 4.37. The number of Topliss-reactive ketones (excluding diaryl/α,β-unsaturated/α-hetero) is 1. The summed E-state index contributed by atoms with van der Waals surface area (Å²) in [5.41, 5.74) is -1.25. The van der Waals surface area contributed by atoms with Crippen LogP contribution in [0.3, 0.4) is 0 Å². The first-order chi connectivity index (χ1) is 9.48. The molecule has 0 unspecified atom stereocenters. The van der Waals surface area contributed by atoms with Gasteiger partial charge in [-0.2, -0.15) is 13.2 Å². The molecule has 0 spiro atoms. The fraction of sp³-hybridized carbons (Fsp3) is 0.286. The summed E-state index contributed by atoms with van der Waals surface area (Å²) in [6.45, 7) is 0. The van der Waals surface area contributed by atoms with Crippen LogP contribution < -0.4 is 0 Å². The molecule has 0 amide bonds. The first-order valence-corrected chi connectivity index (χ1v) is 6.93. The van der Waals surface area contributed by atoms with Crippen molar-refractivity contribution in [3.05, 3.63) is 52.0 Å². The minimum absolute atomic E-state index is 0.0900. The van der Waals surface area contributed by atoms with Gasteiger partial charge in [0.2, 0.25) is 0 Å². The molecule has 0 aliphatic rings. The number of alkyl halides is 3.